The zero-order chi connectivity index (χ0) is 11.1. The number of nitrogen functional groups attached to an aromatic ring is 1. The summed E-state index contributed by atoms with van der Waals surface area (Å²) < 4.78 is 0. The molecule has 0 unspecified atom stereocenters. The van der Waals surface area contributed by atoms with Gasteiger partial charge in [0.05, 0.1) is 18.1 Å². The fourth-order valence-corrected chi connectivity index (χ4v) is 1.00. The molecule has 6 heteroatoms. The van der Waals surface area contributed by atoms with Crippen LogP contribution in [0.5, 0.6) is 0 Å². The standard InChI is InChI=1S/C9H15N5O/c1-2-11-8(15)3-4-12-9-13-5-7(10)6-14-9/h5-6H,2-4,10H2,1H3,(H,11,15)(H,12,13,14). The molecule has 0 radical (unpaired) electrons. The lowest BCUT2D eigenvalue weighted by Gasteiger charge is -2.04. The van der Waals surface area contributed by atoms with Crippen LogP contribution in [0.15, 0.2) is 12.4 Å². The Morgan fingerprint density at radius 3 is 2.73 bits per heavy atom. The van der Waals surface area contributed by atoms with E-state index in [0.717, 1.165) is 0 Å². The lowest BCUT2D eigenvalue weighted by atomic mass is 10.4. The first-order chi connectivity index (χ1) is 7.22. The summed E-state index contributed by atoms with van der Waals surface area (Å²) in [6, 6.07) is 0. The summed E-state index contributed by atoms with van der Waals surface area (Å²) in [5.41, 5.74) is 5.94. The Balaban J connectivity index is 2.26. The highest BCUT2D eigenvalue weighted by atomic mass is 16.1. The summed E-state index contributed by atoms with van der Waals surface area (Å²) in [7, 11) is 0. The van der Waals surface area contributed by atoms with Crippen molar-refractivity contribution in [1.82, 2.24) is 15.3 Å². The van der Waals surface area contributed by atoms with Gasteiger partial charge in [0.1, 0.15) is 0 Å². The number of carbonyl (C=O) groups is 1. The number of nitrogens with one attached hydrogen (secondary N) is 2. The molecule has 15 heavy (non-hydrogen) atoms. The van der Waals surface area contributed by atoms with E-state index in [1.54, 1.807) is 0 Å². The van der Waals surface area contributed by atoms with E-state index in [-0.39, 0.29) is 5.91 Å². The van der Waals surface area contributed by atoms with Gasteiger partial charge in [0.25, 0.3) is 0 Å². The Bertz CT molecular complexity index is 311. The second-order valence-corrected chi connectivity index (χ2v) is 2.97. The van der Waals surface area contributed by atoms with E-state index in [1.807, 2.05) is 6.92 Å². The summed E-state index contributed by atoms with van der Waals surface area (Å²) in [5, 5.41) is 5.62. The molecule has 0 aliphatic heterocycles. The number of amides is 1. The van der Waals surface area contributed by atoms with Crippen LogP contribution in [0.2, 0.25) is 0 Å². The Morgan fingerprint density at radius 2 is 2.13 bits per heavy atom. The SMILES string of the molecule is CCNC(=O)CCNc1ncc(N)cn1. The summed E-state index contributed by atoms with van der Waals surface area (Å²) in [6.45, 7) is 3.04. The van der Waals surface area contributed by atoms with Crippen LogP contribution >= 0.6 is 0 Å². The average Bonchev–Trinajstić information content (AvgIpc) is 2.21. The van der Waals surface area contributed by atoms with Crippen molar-refractivity contribution in [3.63, 3.8) is 0 Å². The van der Waals surface area contributed by atoms with Crippen LogP contribution in [0.1, 0.15) is 13.3 Å². The molecule has 0 saturated carbocycles. The molecule has 0 aromatic carbocycles. The van der Waals surface area contributed by atoms with Gasteiger partial charge in [0.15, 0.2) is 0 Å². The van der Waals surface area contributed by atoms with Gasteiger partial charge in [-0.1, -0.05) is 0 Å². The van der Waals surface area contributed by atoms with E-state index in [0.29, 0.717) is 31.1 Å². The molecule has 0 aliphatic rings. The van der Waals surface area contributed by atoms with Crippen molar-refractivity contribution in [1.29, 1.82) is 0 Å². The predicted octanol–water partition coefficient (Wildman–Crippen LogP) is -0.00310. The molecule has 1 rings (SSSR count). The molecule has 1 amide bonds. The van der Waals surface area contributed by atoms with Gasteiger partial charge < -0.3 is 16.4 Å². The molecular weight excluding hydrogens is 194 g/mol. The van der Waals surface area contributed by atoms with Gasteiger partial charge in [-0.15, -0.1) is 0 Å². The maximum atomic E-state index is 11.1. The Hall–Kier alpha value is -1.85. The van der Waals surface area contributed by atoms with E-state index in [2.05, 4.69) is 20.6 Å². The van der Waals surface area contributed by atoms with Crippen LogP contribution in [-0.2, 0) is 4.79 Å². The van der Waals surface area contributed by atoms with E-state index in [1.165, 1.54) is 12.4 Å². The van der Waals surface area contributed by atoms with Crippen molar-refractivity contribution >= 4 is 17.5 Å². The van der Waals surface area contributed by atoms with Gasteiger partial charge in [-0.3, -0.25) is 4.79 Å². The quantitative estimate of drug-likeness (QED) is 0.634. The number of hydrogen-bond donors (Lipinski definition) is 3. The minimum absolute atomic E-state index is 0.0143. The Kier molecular flexibility index (Phi) is 4.33. The molecule has 4 N–H and O–H groups in total. The van der Waals surface area contributed by atoms with Crippen molar-refractivity contribution < 1.29 is 4.79 Å². The molecule has 1 aromatic heterocycles. The monoisotopic (exact) mass is 209 g/mol. The van der Waals surface area contributed by atoms with Gasteiger partial charge in [-0.25, -0.2) is 9.97 Å². The maximum absolute atomic E-state index is 11.1. The van der Waals surface area contributed by atoms with Crippen molar-refractivity contribution in [3.8, 4) is 0 Å². The van der Waals surface area contributed by atoms with E-state index in [9.17, 15) is 4.79 Å². The van der Waals surface area contributed by atoms with Gasteiger partial charge >= 0.3 is 0 Å². The fourth-order valence-electron chi connectivity index (χ4n) is 1.00. The largest absolute Gasteiger partial charge is 0.396 e. The smallest absolute Gasteiger partial charge is 0.222 e. The third-order valence-corrected chi connectivity index (χ3v) is 1.68. The number of carbonyl (C=O) groups excluding carboxylic acids is 1. The highest BCUT2D eigenvalue weighted by Gasteiger charge is 1.99. The zero-order valence-electron chi connectivity index (χ0n) is 8.66. The van der Waals surface area contributed by atoms with E-state index >= 15 is 0 Å². The normalized spacial score (nSPS) is 9.67. The number of hydrogen-bond acceptors (Lipinski definition) is 5. The highest BCUT2D eigenvalue weighted by molar-refractivity contribution is 5.76. The number of rotatable bonds is 5. The lowest BCUT2D eigenvalue weighted by molar-refractivity contribution is -0.120. The first-order valence-corrected chi connectivity index (χ1v) is 4.80. The second-order valence-electron chi connectivity index (χ2n) is 2.97. The summed E-state index contributed by atoms with van der Waals surface area (Å²) in [4.78, 5) is 19.0. The second kappa shape index (κ2) is 5.79. The number of nitrogens with two attached hydrogens (primary N) is 1. The summed E-state index contributed by atoms with van der Waals surface area (Å²) in [5.74, 6) is 0.494. The number of anilines is 2. The van der Waals surface area contributed by atoms with Crippen molar-refractivity contribution in [2.45, 2.75) is 13.3 Å². The minimum Gasteiger partial charge on any atom is -0.396 e. The molecular formula is C9H15N5O. The van der Waals surface area contributed by atoms with Crippen LogP contribution in [0.3, 0.4) is 0 Å². The summed E-state index contributed by atoms with van der Waals surface area (Å²) >= 11 is 0. The fraction of sp³-hybridized carbons (Fsp3) is 0.444. The molecule has 0 bridgehead atoms. The maximum Gasteiger partial charge on any atom is 0.222 e. The molecule has 82 valence electrons. The van der Waals surface area contributed by atoms with Crippen molar-refractivity contribution in [2.75, 3.05) is 24.1 Å². The predicted molar refractivity (Wildman–Crippen MR) is 58.2 cm³/mol. The molecule has 1 aromatic rings. The zero-order valence-corrected chi connectivity index (χ0v) is 8.66. The van der Waals surface area contributed by atoms with Gasteiger partial charge in [0.2, 0.25) is 11.9 Å². The van der Waals surface area contributed by atoms with Gasteiger partial charge in [-0.2, -0.15) is 0 Å². The first kappa shape index (κ1) is 11.2. The highest BCUT2D eigenvalue weighted by Crippen LogP contribution is 2.00. The van der Waals surface area contributed by atoms with Crippen LogP contribution in [-0.4, -0.2) is 29.0 Å². The van der Waals surface area contributed by atoms with Crippen molar-refractivity contribution in [2.24, 2.45) is 0 Å². The molecule has 1 heterocycles. The third-order valence-electron chi connectivity index (χ3n) is 1.68. The Morgan fingerprint density at radius 1 is 1.47 bits per heavy atom. The van der Waals surface area contributed by atoms with E-state index in [4.69, 9.17) is 5.73 Å². The summed E-state index contributed by atoms with van der Waals surface area (Å²) in [6.07, 6.45) is 3.43. The number of aromatic nitrogens is 2. The average molecular weight is 209 g/mol. The van der Waals surface area contributed by atoms with Crippen LogP contribution < -0.4 is 16.4 Å². The lowest BCUT2D eigenvalue weighted by Crippen LogP contribution is -2.25. The molecule has 0 atom stereocenters. The first-order valence-electron chi connectivity index (χ1n) is 4.80. The minimum atomic E-state index is 0.0143. The van der Waals surface area contributed by atoms with Gasteiger partial charge in [0, 0.05) is 19.5 Å². The topological polar surface area (TPSA) is 92.9 Å². The molecule has 0 saturated heterocycles. The molecule has 0 fully saturated rings. The van der Waals surface area contributed by atoms with Crippen LogP contribution in [0, 0.1) is 0 Å². The number of nitrogens with zero attached hydrogens (tertiary/aromatic N) is 2. The molecule has 0 spiro atoms. The molecule has 0 aliphatic carbocycles. The third kappa shape index (κ3) is 4.26. The Labute approximate surface area is 88.3 Å². The van der Waals surface area contributed by atoms with Crippen LogP contribution in [0.25, 0.3) is 0 Å². The van der Waals surface area contributed by atoms with Crippen molar-refractivity contribution in [3.05, 3.63) is 12.4 Å². The van der Waals surface area contributed by atoms with Crippen LogP contribution in [0.4, 0.5) is 11.6 Å². The van der Waals surface area contributed by atoms with Gasteiger partial charge in [-0.05, 0) is 6.92 Å². The van der Waals surface area contributed by atoms with E-state index < -0.39 is 0 Å². The molecule has 6 nitrogen and oxygen atoms in total.